The van der Waals surface area contributed by atoms with Crippen molar-refractivity contribution in [3.63, 3.8) is 0 Å². The van der Waals surface area contributed by atoms with Crippen LogP contribution in [0.15, 0.2) is 65.6 Å². The minimum absolute atomic E-state index is 0.220. The number of para-hydroxylation sites is 1. The lowest BCUT2D eigenvalue weighted by Gasteiger charge is -2.35. The minimum atomic E-state index is -1.34. The molecule has 3 aromatic carbocycles. The third-order valence-electron chi connectivity index (χ3n) is 4.90. The van der Waals surface area contributed by atoms with Crippen LogP contribution in [-0.2, 0) is 11.0 Å². The van der Waals surface area contributed by atoms with Crippen LogP contribution in [0.4, 0.5) is 10.1 Å². The maximum Gasteiger partial charge on any atom is 0.146 e. The van der Waals surface area contributed by atoms with Crippen molar-refractivity contribution in [1.29, 1.82) is 0 Å². The first-order valence-electron chi connectivity index (χ1n) is 8.91. The van der Waals surface area contributed by atoms with Crippen molar-refractivity contribution in [3.8, 4) is 5.75 Å². The van der Waals surface area contributed by atoms with E-state index < -0.39 is 11.0 Å². The standard InChI is InChI=1S/C21H21FN2O2S/c1-26-20-11-10-16-6-2-3-7-17(16)21(20)27(25)24-14-12-23(13-15-24)19-9-5-4-8-18(19)22/h2-11H,12-15H2,1H3/t27-/m0/s1. The first-order valence-corrected chi connectivity index (χ1v) is 10.0. The molecule has 0 amide bonds. The molecule has 0 saturated carbocycles. The van der Waals surface area contributed by atoms with Gasteiger partial charge in [-0.1, -0.05) is 42.5 Å². The van der Waals surface area contributed by atoms with Gasteiger partial charge in [-0.15, -0.1) is 0 Å². The Labute approximate surface area is 160 Å². The number of hydrogen-bond acceptors (Lipinski definition) is 3. The topological polar surface area (TPSA) is 32.8 Å². The molecule has 140 valence electrons. The molecular formula is C21H21FN2O2S. The predicted molar refractivity (Wildman–Crippen MR) is 107 cm³/mol. The number of ether oxygens (including phenoxy) is 1. The second kappa shape index (κ2) is 7.66. The van der Waals surface area contributed by atoms with Gasteiger partial charge < -0.3 is 9.64 Å². The monoisotopic (exact) mass is 384 g/mol. The molecule has 4 rings (SSSR count). The zero-order valence-electron chi connectivity index (χ0n) is 15.1. The lowest BCUT2D eigenvalue weighted by atomic mass is 10.1. The summed E-state index contributed by atoms with van der Waals surface area (Å²) < 4.78 is 34.8. The third kappa shape index (κ3) is 3.42. The van der Waals surface area contributed by atoms with Crippen LogP contribution in [0, 0.1) is 5.82 Å². The van der Waals surface area contributed by atoms with Crippen LogP contribution < -0.4 is 9.64 Å². The van der Waals surface area contributed by atoms with Gasteiger partial charge in [-0.05, 0) is 23.6 Å². The molecule has 1 saturated heterocycles. The van der Waals surface area contributed by atoms with E-state index in [1.54, 1.807) is 19.2 Å². The maximum atomic E-state index is 14.0. The fourth-order valence-electron chi connectivity index (χ4n) is 3.50. The number of benzene rings is 3. The normalized spacial score (nSPS) is 16.4. The Balaban J connectivity index is 1.58. The zero-order chi connectivity index (χ0) is 18.8. The van der Waals surface area contributed by atoms with Crippen molar-refractivity contribution in [2.75, 3.05) is 38.2 Å². The first-order chi connectivity index (χ1) is 13.2. The van der Waals surface area contributed by atoms with Gasteiger partial charge in [0.1, 0.15) is 27.4 Å². The molecule has 1 fully saturated rings. The van der Waals surface area contributed by atoms with Gasteiger partial charge in [-0.2, -0.15) is 0 Å². The van der Waals surface area contributed by atoms with E-state index in [-0.39, 0.29) is 5.82 Å². The molecule has 3 aromatic rings. The molecule has 6 heteroatoms. The summed E-state index contributed by atoms with van der Waals surface area (Å²) in [7, 11) is 0.254. The van der Waals surface area contributed by atoms with Gasteiger partial charge in [0, 0.05) is 31.6 Å². The van der Waals surface area contributed by atoms with Crippen molar-refractivity contribution in [1.82, 2.24) is 4.31 Å². The Morgan fingerprint density at radius 1 is 0.926 bits per heavy atom. The maximum absolute atomic E-state index is 14.0. The van der Waals surface area contributed by atoms with E-state index in [4.69, 9.17) is 4.74 Å². The molecule has 0 radical (unpaired) electrons. The van der Waals surface area contributed by atoms with Gasteiger partial charge in [0.2, 0.25) is 0 Å². The number of hydrogen-bond donors (Lipinski definition) is 0. The number of anilines is 1. The molecule has 27 heavy (non-hydrogen) atoms. The van der Waals surface area contributed by atoms with Crippen LogP contribution in [0.5, 0.6) is 5.75 Å². The molecule has 1 aliphatic rings. The van der Waals surface area contributed by atoms with Crippen molar-refractivity contribution >= 4 is 27.4 Å². The van der Waals surface area contributed by atoms with E-state index in [0.717, 1.165) is 10.8 Å². The van der Waals surface area contributed by atoms with Crippen LogP contribution in [0.1, 0.15) is 0 Å². The quantitative estimate of drug-likeness (QED) is 0.685. The molecule has 1 heterocycles. The van der Waals surface area contributed by atoms with Gasteiger partial charge in [-0.3, -0.25) is 0 Å². The number of methoxy groups -OCH3 is 1. The summed E-state index contributed by atoms with van der Waals surface area (Å²) in [4.78, 5) is 2.71. The smallest absolute Gasteiger partial charge is 0.146 e. The lowest BCUT2D eigenvalue weighted by molar-refractivity contribution is 0.393. The Hall–Kier alpha value is -2.44. The van der Waals surface area contributed by atoms with Gasteiger partial charge in [-0.25, -0.2) is 12.9 Å². The lowest BCUT2D eigenvalue weighted by Crippen LogP contribution is -2.47. The SMILES string of the molecule is COc1ccc2ccccc2c1[S@](=O)N1CCN(c2ccccc2F)CC1. The average molecular weight is 384 g/mol. The van der Waals surface area contributed by atoms with Crippen molar-refractivity contribution in [3.05, 3.63) is 66.5 Å². The second-order valence-electron chi connectivity index (χ2n) is 6.43. The number of piperazine rings is 1. The molecule has 0 bridgehead atoms. The van der Waals surface area contributed by atoms with E-state index in [1.807, 2.05) is 51.7 Å². The molecule has 0 aliphatic carbocycles. The van der Waals surface area contributed by atoms with E-state index in [9.17, 15) is 8.60 Å². The average Bonchev–Trinajstić information content (AvgIpc) is 2.73. The number of halogens is 1. The zero-order valence-corrected chi connectivity index (χ0v) is 15.9. The van der Waals surface area contributed by atoms with E-state index >= 15 is 0 Å². The molecule has 0 spiro atoms. The Kier molecular flexibility index (Phi) is 5.09. The number of fused-ring (bicyclic) bond motifs is 1. The first kappa shape index (κ1) is 17.9. The van der Waals surface area contributed by atoms with Crippen molar-refractivity contribution in [2.45, 2.75) is 4.90 Å². The van der Waals surface area contributed by atoms with Gasteiger partial charge in [0.15, 0.2) is 0 Å². The van der Waals surface area contributed by atoms with Crippen LogP contribution in [0.3, 0.4) is 0 Å². The van der Waals surface area contributed by atoms with Crippen LogP contribution in [0.2, 0.25) is 0 Å². The van der Waals surface area contributed by atoms with Crippen LogP contribution >= 0.6 is 0 Å². The highest BCUT2D eigenvalue weighted by Crippen LogP contribution is 2.33. The second-order valence-corrected chi connectivity index (χ2v) is 7.86. The van der Waals surface area contributed by atoms with E-state index in [2.05, 4.69) is 0 Å². The Morgan fingerprint density at radius 2 is 1.63 bits per heavy atom. The third-order valence-corrected chi connectivity index (χ3v) is 6.51. The number of rotatable bonds is 4. The number of nitrogens with zero attached hydrogens (tertiary/aromatic N) is 2. The van der Waals surface area contributed by atoms with E-state index in [1.165, 1.54) is 6.07 Å². The molecule has 1 atom stereocenters. The minimum Gasteiger partial charge on any atom is -0.495 e. The predicted octanol–water partition coefficient (Wildman–Crippen LogP) is 3.83. The molecule has 0 N–H and O–H groups in total. The highest BCUT2D eigenvalue weighted by molar-refractivity contribution is 7.83. The summed E-state index contributed by atoms with van der Waals surface area (Å²) in [6, 6.07) is 18.5. The molecule has 0 unspecified atom stereocenters. The summed E-state index contributed by atoms with van der Waals surface area (Å²) in [6.07, 6.45) is 0. The van der Waals surface area contributed by atoms with Crippen LogP contribution in [0.25, 0.3) is 10.8 Å². The molecule has 4 nitrogen and oxygen atoms in total. The Bertz CT molecular complexity index is 987. The van der Waals surface area contributed by atoms with Gasteiger partial charge in [0.05, 0.1) is 12.8 Å². The van der Waals surface area contributed by atoms with E-state index in [0.29, 0.717) is 42.5 Å². The summed E-state index contributed by atoms with van der Waals surface area (Å²) in [6.45, 7) is 2.43. The van der Waals surface area contributed by atoms with Gasteiger partial charge in [0.25, 0.3) is 0 Å². The van der Waals surface area contributed by atoms with Crippen molar-refractivity contribution in [2.24, 2.45) is 0 Å². The molecule has 1 aliphatic heterocycles. The summed E-state index contributed by atoms with van der Waals surface area (Å²) >= 11 is 0. The fraction of sp³-hybridized carbons (Fsp3) is 0.238. The highest BCUT2D eigenvalue weighted by atomic mass is 32.2. The molecular weight excluding hydrogens is 363 g/mol. The van der Waals surface area contributed by atoms with Gasteiger partial charge >= 0.3 is 0 Å². The highest BCUT2D eigenvalue weighted by Gasteiger charge is 2.26. The fourth-order valence-corrected chi connectivity index (χ4v) is 4.95. The summed E-state index contributed by atoms with van der Waals surface area (Å²) in [5, 5.41) is 1.97. The van der Waals surface area contributed by atoms with Crippen LogP contribution in [-0.4, -0.2) is 41.8 Å². The molecule has 0 aromatic heterocycles. The van der Waals surface area contributed by atoms with Crippen molar-refractivity contribution < 1.29 is 13.3 Å². The largest absolute Gasteiger partial charge is 0.495 e. The summed E-state index contributed by atoms with van der Waals surface area (Å²) in [5.41, 5.74) is 0.602. The Morgan fingerprint density at radius 3 is 2.37 bits per heavy atom. The summed E-state index contributed by atoms with van der Waals surface area (Å²) in [5.74, 6) is 0.409.